The molecule has 276 valence electrons. The molecule has 10 aromatic rings. The van der Waals surface area contributed by atoms with Crippen molar-refractivity contribution in [1.82, 2.24) is 15.0 Å². The van der Waals surface area contributed by atoms with Crippen molar-refractivity contribution in [3.63, 3.8) is 0 Å². The van der Waals surface area contributed by atoms with Crippen LogP contribution in [0.5, 0.6) is 0 Å². The minimum atomic E-state index is 0.944. The van der Waals surface area contributed by atoms with Crippen LogP contribution in [0.4, 0.5) is 0 Å². The Bertz CT molecular complexity index is 3120. The average Bonchev–Trinajstić information content (AvgIpc) is 3.29. The van der Waals surface area contributed by atoms with Crippen LogP contribution in [-0.4, -0.2) is 15.0 Å². The maximum Gasteiger partial charge on any atom is 0.0975 e. The SMILES string of the molecule is Cc1c(-c2ccc(-c3cccc(-c4cc(-c5ccccc5)nc(-c5ccccc5)c4)c3)cc2)nc2c(ccc3c(C)c(C)c(-c4cccc5ccccc45)nc32)c1C. The lowest BCUT2D eigenvalue weighted by atomic mass is 9.93. The molecule has 0 unspecified atom stereocenters. The van der Waals surface area contributed by atoms with E-state index in [9.17, 15) is 0 Å². The maximum atomic E-state index is 5.46. The van der Waals surface area contributed by atoms with Gasteiger partial charge in [0, 0.05) is 33.0 Å². The zero-order chi connectivity index (χ0) is 39.3. The highest BCUT2D eigenvalue weighted by atomic mass is 14.8. The Morgan fingerprint density at radius 3 is 1.41 bits per heavy atom. The highest BCUT2D eigenvalue weighted by Crippen LogP contribution is 2.39. The smallest absolute Gasteiger partial charge is 0.0975 e. The van der Waals surface area contributed by atoms with Gasteiger partial charge in [-0.3, -0.25) is 0 Å². The van der Waals surface area contributed by atoms with E-state index in [1.807, 2.05) is 12.1 Å². The molecule has 58 heavy (non-hydrogen) atoms. The minimum absolute atomic E-state index is 0.944. The van der Waals surface area contributed by atoms with Crippen molar-refractivity contribution < 1.29 is 0 Å². The zero-order valence-corrected chi connectivity index (χ0v) is 33.1. The topological polar surface area (TPSA) is 38.7 Å². The lowest BCUT2D eigenvalue weighted by molar-refractivity contribution is 1.26. The summed E-state index contributed by atoms with van der Waals surface area (Å²) in [5.41, 5.74) is 19.7. The predicted octanol–water partition coefficient (Wildman–Crippen LogP) is 14.6. The molecule has 0 fully saturated rings. The summed E-state index contributed by atoms with van der Waals surface area (Å²) in [6, 6.07) is 62.5. The van der Waals surface area contributed by atoms with Gasteiger partial charge in [0.05, 0.1) is 33.8 Å². The van der Waals surface area contributed by atoms with Gasteiger partial charge in [-0.25, -0.2) is 15.0 Å². The second kappa shape index (κ2) is 14.4. The molecule has 0 atom stereocenters. The monoisotopic (exact) mass is 743 g/mol. The van der Waals surface area contributed by atoms with Gasteiger partial charge in [0.15, 0.2) is 0 Å². The molecule has 0 saturated heterocycles. The minimum Gasteiger partial charge on any atom is -0.248 e. The van der Waals surface area contributed by atoms with Gasteiger partial charge in [-0.05, 0) is 101 Å². The fourth-order valence-corrected chi connectivity index (χ4v) is 8.45. The molecule has 3 nitrogen and oxygen atoms in total. The molecular formula is C55H41N3. The fourth-order valence-electron chi connectivity index (χ4n) is 8.45. The third-order valence-electron chi connectivity index (χ3n) is 11.9. The van der Waals surface area contributed by atoms with Crippen LogP contribution >= 0.6 is 0 Å². The Balaban J connectivity index is 1.05. The van der Waals surface area contributed by atoms with Crippen LogP contribution in [0.25, 0.3) is 99.9 Å². The standard InChI is InChI=1S/C55H41N3/c1-34-36(3)52(57-54-46(34)29-30-47-35(2)37(4)53(58-55(47)54)49-24-14-20-39-15-11-12-23-48(39)49)42-27-25-38(26-28-42)43-21-13-22-44(31-43)45-32-50(40-16-7-5-8-17-40)56-51(33-45)41-18-9-6-10-19-41/h5-33H,1-4H3. The highest BCUT2D eigenvalue weighted by Gasteiger charge is 2.19. The molecule has 0 radical (unpaired) electrons. The highest BCUT2D eigenvalue weighted by molar-refractivity contribution is 6.08. The summed E-state index contributed by atoms with van der Waals surface area (Å²) >= 11 is 0. The molecular weight excluding hydrogens is 703 g/mol. The van der Waals surface area contributed by atoms with Crippen molar-refractivity contribution in [3.05, 3.63) is 198 Å². The first-order valence-corrected chi connectivity index (χ1v) is 19.9. The van der Waals surface area contributed by atoms with Gasteiger partial charge in [-0.1, -0.05) is 158 Å². The van der Waals surface area contributed by atoms with Crippen molar-refractivity contribution in [2.24, 2.45) is 0 Å². The Morgan fingerprint density at radius 1 is 0.293 bits per heavy atom. The molecule has 0 aliphatic heterocycles. The maximum absolute atomic E-state index is 5.46. The van der Waals surface area contributed by atoms with Gasteiger partial charge in [0.25, 0.3) is 0 Å². The van der Waals surface area contributed by atoms with Crippen LogP contribution < -0.4 is 0 Å². The summed E-state index contributed by atoms with van der Waals surface area (Å²) in [5.74, 6) is 0. The van der Waals surface area contributed by atoms with E-state index < -0.39 is 0 Å². The molecule has 10 rings (SSSR count). The van der Waals surface area contributed by atoms with Gasteiger partial charge in [0.1, 0.15) is 0 Å². The van der Waals surface area contributed by atoms with Crippen molar-refractivity contribution >= 4 is 32.6 Å². The van der Waals surface area contributed by atoms with E-state index in [0.717, 1.165) is 89.1 Å². The first-order valence-electron chi connectivity index (χ1n) is 19.9. The summed E-state index contributed by atoms with van der Waals surface area (Å²) in [7, 11) is 0. The third-order valence-corrected chi connectivity index (χ3v) is 11.9. The molecule has 0 N–H and O–H groups in total. The van der Waals surface area contributed by atoms with Crippen molar-refractivity contribution in [1.29, 1.82) is 0 Å². The molecule has 0 spiro atoms. The van der Waals surface area contributed by atoms with Crippen molar-refractivity contribution in [2.45, 2.75) is 27.7 Å². The van der Waals surface area contributed by atoms with E-state index in [4.69, 9.17) is 15.0 Å². The molecule has 3 heteroatoms. The van der Waals surface area contributed by atoms with E-state index in [1.54, 1.807) is 0 Å². The van der Waals surface area contributed by atoms with Crippen LogP contribution in [0.2, 0.25) is 0 Å². The first kappa shape index (κ1) is 35.2. The predicted molar refractivity (Wildman–Crippen MR) is 244 cm³/mol. The Kier molecular flexibility index (Phi) is 8.72. The number of aromatic nitrogens is 3. The van der Waals surface area contributed by atoms with Crippen LogP contribution in [0, 0.1) is 27.7 Å². The van der Waals surface area contributed by atoms with Crippen molar-refractivity contribution in [2.75, 3.05) is 0 Å². The van der Waals surface area contributed by atoms with Crippen LogP contribution in [0.15, 0.2) is 176 Å². The lowest BCUT2D eigenvalue weighted by Crippen LogP contribution is -2.00. The summed E-state index contributed by atoms with van der Waals surface area (Å²) in [6.07, 6.45) is 0. The third kappa shape index (κ3) is 6.13. The molecule has 0 amide bonds. The number of fused-ring (bicyclic) bond motifs is 4. The summed E-state index contributed by atoms with van der Waals surface area (Å²) in [4.78, 5) is 16.0. The van der Waals surface area contributed by atoms with Gasteiger partial charge in [0.2, 0.25) is 0 Å². The van der Waals surface area contributed by atoms with E-state index in [1.165, 1.54) is 33.0 Å². The number of hydrogen-bond acceptors (Lipinski definition) is 3. The van der Waals surface area contributed by atoms with Gasteiger partial charge in [-0.2, -0.15) is 0 Å². The summed E-state index contributed by atoms with van der Waals surface area (Å²) in [6.45, 7) is 8.82. The number of rotatable bonds is 6. The van der Waals surface area contributed by atoms with E-state index in [0.29, 0.717) is 0 Å². The number of aryl methyl sites for hydroxylation is 2. The number of benzene rings is 7. The lowest BCUT2D eigenvalue weighted by Gasteiger charge is -2.17. The number of hydrogen-bond donors (Lipinski definition) is 0. The molecule has 0 aliphatic carbocycles. The van der Waals surface area contributed by atoms with Gasteiger partial charge >= 0.3 is 0 Å². The number of pyridine rings is 3. The van der Waals surface area contributed by atoms with Crippen LogP contribution in [0.3, 0.4) is 0 Å². The van der Waals surface area contributed by atoms with E-state index in [2.05, 4.69) is 191 Å². The second-order valence-corrected chi connectivity index (χ2v) is 15.3. The molecule has 0 bridgehead atoms. The molecule has 7 aromatic carbocycles. The van der Waals surface area contributed by atoms with Gasteiger partial charge in [-0.15, -0.1) is 0 Å². The van der Waals surface area contributed by atoms with Crippen LogP contribution in [0.1, 0.15) is 22.3 Å². The van der Waals surface area contributed by atoms with E-state index in [-0.39, 0.29) is 0 Å². The summed E-state index contributed by atoms with van der Waals surface area (Å²) < 4.78 is 0. The van der Waals surface area contributed by atoms with Crippen molar-refractivity contribution in [3.8, 4) is 67.3 Å². The normalized spacial score (nSPS) is 11.4. The molecule has 0 saturated carbocycles. The molecule has 0 aliphatic rings. The van der Waals surface area contributed by atoms with Gasteiger partial charge < -0.3 is 0 Å². The summed E-state index contributed by atoms with van der Waals surface area (Å²) in [5, 5.41) is 4.71. The first-order chi connectivity index (χ1) is 28.4. The Morgan fingerprint density at radius 2 is 0.776 bits per heavy atom. The number of nitrogens with zero attached hydrogens (tertiary/aromatic N) is 3. The quantitative estimate of drug-likeness (QED) is 0.159. The molecule has 3 aromatic heterocycles. The van der Waals surface area contributed by atoms with E-state index >= 15 is 0 Å². The largest absolute Gasteiger partial charge is 0.248 e. The zero-order valence-electron chi connectivity index (χ0n) is 33.1. The Hall–Kier alpha value is -7.23. The average molecular weight is 744 g/mol. The second-order valence-electron chi connectivity index (χ2n) is 15.3. The fraction of sp³-hybridized carbons (Fsp3) is 0.0727. The van der Waals surface area contributed by atoms with Crippen LogP contribution in [-0.2, 0) is 0 Å². The molecule has 3 heterocycles. The Labute approximate surface area is 339 Å².